The van der Waals surface area contributed by atoms with Gasteiger partial charge in [-0.15, -0.1) is 0 Å². The van der Waals surface area contributed by atoms with Gasteiger partial charge in [0, 0.05) is 30.2 Å². The number of alkyl halides is 4. The lowest BCUT2D eigenvalue weighted by molar-refractivity contribution is 0.101. The van der Waals surface area contributed by atoms with E-state index in [2.05, 4.69) is 25.8 Å². The van der Waals surface area contributed by atoms with Gasteiger partial charge in [-0.3, -0.25) is 14.3 Å². The van der Waals surface area contributed by atoms with Crippen molar-refractivity contribution in [2.75, 3.05) is 10.6 Å². The molecule has 0 saturated carbocycles. The van der Waals surface area contributed by atoms with Gasteiger partial charge in [-0.25, -0.2) is 27.1 Å². The van der Waals surface area contributed by atoms with Crippen LogP contribution in [0.4, 0.5) is 28.9 Å². The van der Waals surface area contributed by atoms with Gasteiger partial charge < -0.3 is 10.6 Å². The molecule has 3 heterocycles. The Labute approximate surface area is 189 Å². The molecule has 2 amide bonds. The highest BCUT2D eigenvalue weighted by Crippen LogP contribution is 2.26. The third-order valence-corrected chi connectivity index (χ3v) is 4.78. The van der Waals surface area contributed by atoms with Crippen LogP contribution in [0.25, 0.3) is 5.65 Å². The number of carbonyl (C=O) groups excluding carboxylic acids is 2. The van der Waals surface area contributed by atoms with Crippen molar-refractivity contribution in [1.82, 2.24) is 24.4 Å². The summed E-state index contributed by atoms with van der Waals surface area (Å²) in [6, 6.07) is 9.36. The minimum atomic E-state index is -3.11. The highest BCUT2D eigenvalue weighted by Gasteiger charge is 2.22. The van der Waals surface area contributed by atoms with E-state index in [4.69, 9.17) is 0 Å². The number of carbonyl (C=O) groups is 2. The van der Waals surface area contributed by atoms with Crippen molar-refractivity contribution in [3.05, 3.63) is 71.4 Å². The van der Waals surface area contributed by atoms with Crippen molar-refractivity contribution in [1.29, 1.82) is 0 Å². The Balaban J connectivity index is 1.55. The monoisotopic (exact) mass is 475 g/mol. The molecule has 2 N–H and O–H groups in total. The molecule has 0 bridgehead atoms. The van der Waals surface area contributed by atoms with Crippen LogP contribution in [0.1, 0.15) is 52.1 Å². The minimum Gasteiger partial charge on any atom is -0.321 e. The molecule has 0 aliphatic heterocycles. The van der Waals surface area contributed by atoms with E-state index < -0.39 is 36.1 Å². The second-order valence-corrected chi connectivity index (χ2v) is 7.03. The summed E-state index contributed by atoms with van der Waals surface area (Å²) in [6.07, 6.45) is -4.67. The molecule has 0 unspecified atom stereocenters. The molecule has 13 heteroatoms. The zero-order chi connectivity index (χ0) is 24.4. The Morgan fingerprint density at radius 2 is 1.68 bits per heavy atom. The van der Waals surface area contributed by atoms with E-state index in [1.807, 2.05) is 6.92 Å². The number of nitrogens with zero attached hydrogens (tertiary/aromatic N) is 5. The molecule has 9 nitrogen and oxygen atoms in total. The number of hydrogen-bond acceptors (Lipinski definition) is 5. The Morgan fingerprint density at radius 1 is 0.971 bits per heavy atom. The van der Waals surface area contributed by atoms with Gasteiger partial charge in [0.2, 0.25) is 0 Å². The predicted octanol–water partition coefficient (Wildman–Crippen LogP) is 4.33. The van der Waals surface area contributed by atoms with Crippen LogP contribution in [0.15, 0.2) is 48.7 Å². The van der Waals surface area contributed by atoms with Crippen molar-refractivity contribution in [3.63, 3.8) is 0 Å². The smallest absolute Gasteiger partial charge is 0.280 e. The van der Waals surface area contributed by atoms with Crippen LogP contribution in [0, 0.1) is 0 Å². The topological polar surface area (TPSA) is 106 Å². The summed E-state index contributed by atoms with van der Waals surface area (Å²) in [7, 11) is 0. The first-order chi connectivity index (χ1) is 16.3. The standard InChI is InChI=1S/C21H17F4N7O2/c1-2-31-15(6-7-26-31)21(34)28-12-5-3-4-11(8-12)27-20(33)14-10-17-29-13(18(22)23)9-16(19(24)25)32(17)30-14/h3-10,18-19H,2H2,1H3,(H,27,33)(H,28,34). The summed E-state index contributed by atoms with van der Waals surface area (Å²) in [4.78, 5) is 28.7. The second kappa shape index (κ2) is 9.29. The molecule has 4 aromatic rings. The van der Waals surface area contributed by atoms with Gasteiger partial charge in [0.1, 0.15) is 17.1 Å². The average molecular weight is 475 g/mol. The SMILES string of the molecule is CCn1nccc1C(=O)Nc1cccc(NC(=O)c2cc3nc(C(F)F)cc(C(F)F)n3n2)c1. The number of amides is 2. The van der Waals surface area contributed by atoms with Crippen LogP contribution < -0.4 is 10.6 Å². The van der Waals surface area contributed by atoms with Gasteiger partial charge in [-0.2, -0.15) is 10.2 Å². The first kappa shape index (κ1) is 22.9. The van der Waals surface area contributed by atoms with Crippen LogP contribution in [0.3, 0.4) is 0 Å². The Kier molecular flexibility index (Phi) is 6.25. The lowest BCUT2D eigenvalue weighted by Gasteiger charge is -2.09. The number of anilines is 2. The van der Waals surface area contributed by atoms with Gasteiger partial charge >= 0.3 is 0 Å². The fourth-order valence-electron chi connectivity index (χ4n) is 3.24. The molecule has 176 valence electrons. The molecule has 3 aromatic heterocycles. The first-order valence-corrected chi connectivity index (χ1v) is 9.98. The zero-order valence-corrected chi connectivity index (χ0v) is 17.5. The fourth-order valence-corrected chi connectivity index (χ4v) is 3.24. The van der Waals surface area contributed by atoms with Gasteiger partial charge in [0.05, 0.1) is 0 Å². The van der Waals surface area contributed by atoms with E-state index in [9.17, 15) is 27.2 Å². The Bertz CT molecular complexity index is 1370. The van der Waals surface area contributed by atoms with Crippen molar-refractivity contribution < 1.29 is 27.2 Å². The molecular formula is C21H17F4N7O2. The molecule has 0 fully saturated rings. The molecular weight excluding hydrogens is 458 g/mol. The number of aromatic nitrogens is 5. The van der Waals surface area contributed by atoms with Gasteiger partial charge in [-0.05, 0) is 37.3 Å². The maximum Gasteiger partial charge on any atom is 0.280 e. The normalized spacial score (nSPS) is 11.4. The molecule has 0 aliphatic rings. The fraction of sp³-hybridized carbons (Fsp3) is 0.190. The molecule has 0 atom stereocenters. The maximum absolute atomic E-state index is 13.3. The third-order valence-electron chi connectivity index (χ3n) is 4.78. The van der Waals surface area contributed by atoms with E-state index in [0.29, 0.717) is 28.5 Å². The number of rotatable bonds is 7. The van der Waals surface area contributed by atoms with Crippen LogP contribution in [-0.4, -0.2) is 36.2 Å². The summed E-state index contributed by atoms with van der Waals surface area (Å²) in [5.41, 5.74) is -1.26. The molecule has 0 aliphatic carbocycles. The number of halogens is 4. The van der Waals surface area contributed by atoms with Crippen molar-refractivity contribution in [2.45, 2.75) is 26.3 Å². The summed E-state index contributed by atoms with van der Waals surface area (Å²) in [5.74, 6) is -1.18. The number of fused-ring (bicyclic) bond motifs is 1. The van der Waals surface area contributed by atoms with Crippen LogP contribution in [-0.2, 0) is 6.54 Å². The molecule has 4 rings (SSSR count). The minimum absolute atomic E-state index is 0.277. The second-order valence-electron chi connectivity index (χ2n) is 7.03. The molecule has 34 heavy (non-hydrogen) atoms. The average Bonchev–Trinajstić information content (AvgIpc) is 3.45. The molecule has 0 radical (unpaired) electrons. The Hall–Kier alpha value is -4.29. The maximum atomic E-state index is 13.3. The quantitative estimate of drug-likeness (QED) is 0.387. The summed E-state index contributed by atoms with van der Waals surface area (Å²) < 4.78 is 54.8. The zero-order valence-electron chi connectivity index (χ0n) is 17.5. The van der Waals surface area contributed by atoms with Crippen LogP contribution in [0.2, 0.25) is 0 Å². The van der Waals surface area contributed by atoms with Crippen LogP contribution in [0.5, 0.6) is 0 Å². The lowest BCUT2D eigenvalue weighted by Crippen LogP contribution is -2.17. The van der Waals surface area contributed by atoms with Crippen molar-refractivity contribution in [3.8, 4) is 0 Å². The van der Waals surface area contributed by atoms with Gasteiger partial charge in [0.25, 0.3) is 24.7 Å². The lowest BCUT2D eigenvalue weighted by atomic mass is 10.2. The van der Waals surface area contributed by atoms with Crippen LogP contribution >= 0.6 is 0 Å². The van der Waals surface area contributed by atoms with Crippen molar-refractivity contribution in [2.24, 2.45) is 0 Å². The number of nitrogens with one attached hydrogen (secondary N) is 2. The summed E-state index contributed by atoms with van der Waals surface area (Å²) in [5, 5.41) is 13.1. The van der Waals surface area contributed by atoms with Gasteiger partial charge in [0.15, 0.2) is 11.3 Å². The molecule has 1 aromatic carbocycles. The van der Waals surface area contributed by atoms with Crippen molar-refractivity contribution >= 4 is 28.8 Å². The summed E-state index contributed by atoms with van der Waals surface area (Å²) >= 11 is 0. The largest absolute Gasteiger partial charge is 0.321 e. The third kappa shape index (κ3) is 4.58. The van der Waals surface area contributed by atoms with E-state index in [-0.39, 0.29) is 17.0 Å². The Morgan fingerprint density at radius 3 is 2.32 bits per heavy atom. The number of aryl methyl sites for hydroxylation is 1. The molecule has 0 spiro atoms. The van der Waals surface area contributed by atoms with E-state index >= 15 is 0 Å². The molecule has 0 saturated heterocycles. The number of benzene rings is 1. The highest BCUT2D eigenvalue weighted by atomic mass is 19.3. The van der Waals surface area contributed by atoms with E-state index in [1.165, 1.54) is 23.0 Å². The first-order valence-electron chi connectivity index (χ1n) is 9.98. The van der Waals surface area contributed by atoms with E-state index in [1.54, 1.807) is 18.2 Å². The number of hydrogen-bond donors (Lipinski definition) is 2. The highest BCUT2D eigenvalue weighted by molar-refractivity contribution is 6.05. The predicted molar refractivity (Wildman–Crippen MR) is 113 cm³/mol. The van der Waals surface area contributed by atoms with E-state index in [0.717, 1.165) is 6.07 Å². The van der Waals surface area contributed by atoms with Gasteiger partial charge in [-0.1, -0.05) is 6.07 Å². The summed E-state index contributed by atoms with van der Waals surface area (Å²) in [6.45, 7) is 2.35.